The molecule has 150 valence electrons. The molecule has 0 unspecified atom stereocenters. The number of nitrogen functional groups attached to an aromatic ring is 1. The van der Waals surface area contributed by atoms with Crippen molar-refractivity contribution < 1.29 is 13.2 Å². The van der Waals surface area contributed by atoms with Gasteiger partial charge in [-0.25, -0.2) is 13.2 Å². The first kappa shape index (κ1) is 19.9. The molecule has 1 saturated carbocycles. The quantitative estimate of drug-likeness (QED) is 0.604. The minimum absolute atomic E-state index is 0.00479. The zero-order valence-electron chi connectivity index (χ0n) is 15.7. The standard InChI is InChI=1S/C19H30N4O3S/c20-17-9-5-6-10-18(17)27(25,26)22-13-11-16(12-14-22)23(19(21)24)15-7-3-1-2-4-8-15/h5-6,9-10,15-16H,1-4,7-8,11-14,20H2,(H2,21,24). The minimum atomic E-state index is -3.62. The van der Waals surface area contributed by atoms with E-state index >= 15 is 0 Å². The highest BCUT2D eigenvalue weighted by Crippen LogP contribution is 2.30. The number of carbonyl (C=O) groups excluding carboxylic acids is 1. The second-order valence-corrected chi connectivity index (χ2v) is 9.47. The van der Waals surface area contributed by atoms with Crippen LogP contribution in [-0.4, -0.2) is 48.8 Å². The molecular weight excluding hydrogens is 364 g/mol. The summed E-state index contributed by atoms with van der Waals surface area (Å²) in [5.74, 6) is 0. The van der Waals surface area contributed by atoms with Gasteiger partial charge in [0, 0.05) is 25.2 Å². The monoisotopic (exact) mass is 394 g/mol. The number of benzene rings is 1. The van der Waals surface area contributed by atoms with Gasteiger partial charge in [0.1, 0.15) is 4.90 Å². The van der Waals surface area contributed by atoms with Gasteiger partial charge >= 0.3 is 6.03 Å². The Balaban J connectivity index is 1.70. The van der Waals surface area contributed by atoms with Crippen LogP contribution in [-0.2, 0) is 10.0 Å². The third-order valence-corrected chi connectivity index (χ3v) is 7.80. The fourth-order valence-corrected chi connectivity index (χ4v) is 6.00. The molecule has 4 N–H and O–H groups in total. The third kappa shape index (κ3) is 4.38. The Morgan fingerprint density at radius 1 is 0.963 bits per heavy atom. The lowest BCUT2D eigenvalue weighted by Crippen LogP contribution is -2.54. The lowest BCUT2D eigenvalue weighted by molar-refractivity contribution is 0.113. The van der Waals surface area contributed by atoms with Gasteiger partial charge in [0.2, 0.25) is 10.0 Å². The van der Waals surface area contributed by atoms with E-state index in [9.17, 15) is 13.2 Å². The number of anilines is 1. The van der Waals surface area contributed by atoms with Crippen LogP contribution in [0, 0.1) is 0 Å². The smallest absolute Gasteiger partial charge is 0.315 e. The van der Waals surface area contributed by atoms with Crippen LogP contribution in [0.5, 0.6) is 0 Å². The molecule has 0 atom stereocenters. The summed E-state index contributed by atoms with van der Waals surface area (Å²) < 4.78 is 27.3. The second-order valence-electron chi connectivity index (χ2n) is 7.56. The number of nitrogens with two attached hydrogens (primary N) is 2. The van der Waals surface area contributed by atoms with E-state index < -0.39 is 10.0 Å². The van der Waals surface area contributed by atoms with E-state index in [1.807, 2.05) is 4.90 Å². The largest absolute Gasteiger partial charge is 0.398 e. The van der Waals surface area contributed by atoms with Gasteiger partial charge in [0.05, 0.1) is 5.69 Å². The number of hydrogen-bond donors (Lipinski definition) is 2. The average Bonchev–Trinajstić information content (AvgIpc) is 2.91. The maximum atomic E-state index is 12.9. The van der Waals surface area contributed by atoms with E-state index in [1.165, 1.54) is 23.2 Å². The average molecular weight is 395 g/mol. The van der Waals surface area contributed by atoms with Crippen LogP contribution >= 0.6 is 0 Å². The number of piperidine rings is 1. The highest BCUT2D eigenvalue weighted by atomic mass is 32.2. The summed E-state index contributed by atoms with van der Waals surface area (Å²) in [4.78, 5) is 14.1. The molecule has 1 saturated heterocycles. The molecule has 8 heteroatoms. The first-order chi connectivity index (χ1) is 12.9. The summed E-state index contributed by atoms with van der Waals surface area (Å²) in [6.07, 6.45) is 7.83. The molecule has 1 aliphatic heterocycles. The molecule has 2 fully saturated rings. The second kappa shape index (κ2) is 8.48. The Bertz CT molecular complexity index is 752. The Labute approximate surface area is 161 Å². The van der Waals surface area contributed by atoms with Crippen LogP contribution in [0.1, 0.15) is 51.4 Å². The molecule has 1 aromatic rings. The van der Waals surface area contributed by atoms with E-state index in [2.05, 4.69) is 0 Å². The summed E-state index contributed by atoms with van der Waals surface area (Å²) in [6, 6.07) is 6.34. The van der Waals surface area contributed by atoms with Crippen LogP contribution < -0.4 is 11.5 Å². The molecule has 0 aromatic heterocycles. The van der Waals surface area contributed by atoms with Gasteiger partial charge < -0.3 is 16.4 Å². The molecule has 7 nitrogen and oxygen atoms in total. The molecule has 2 amide bonds. The van der Waals surface area contributed by atoms with Crippen molar-refractivity contribution in [3.8, 4) is 0 Å². The number of para-hydroxylation sites is 1. The maximum Gasteiger partial charge on any atom is 0.315 e. The Morgan fingerprint density at radius 2 is 1.52 bits per heavy atom. The predicted molar refractivity (Wildman–Crippen MR) is 106 cm³/mol. The number of urea groups is 1. The summed E-state index contributed by atoms with van der Waals surface area (Å²) in [6.45, 7) is 0.746. The molecule has 1 aliphatic carbocycles. The number of primary amides is 1. The number of amides is 2. The van der Waals surface area contributed by atoms with E-state index in [0.29, 0.717) is 25.9 Å². The van der Waals surface area contributed by atoms with Crippen molar-refractivity contribution in [3.63, 3.8) is 0 Å². The van der Waals surface area contributed by atoms with E-state index in [4.69, 9.17) is 11.5 Å². The summed E-state index contributed by atoms with van der Waals surface area (Å²) in [5, 5.41) is 0. The maximum absolute atomic E-state index is 12.9. The van der Waals surface area contributed by atoms with Crippen molar-refractivity contribution in [2.75, 3.05) is 18.8 Å². The number of sulfonamides is 1. The number of rotatable bonds is 4. The fraction of sp³-hybridized carbons (Fsp3) is 0.632. The lowest BCUT2D eigenvalue weighted by Gasteiger charge is -2.41. The van der Waals surface area contributed by atoms with Gasteiger partial charge in [0.25, 0.3) is 0 Å². The van der Waals surface area contributed by atoms with Crippen molar-refractivity contribution >= 4 is 21.7 Å². The number of nitrogens with zero attached hydrogens (tertiary/aromatic N) is 2. The molecular formula is C19H30N4O3S. The minimum Gasteiger partial charge on any atom is -0.398 e. The summed E-state index contributed by atoms with van der Waals surface area (Å²) in [5.41, 5.74) is 11.8. The summed E-state index contributed by atoms with van der Waals surface area (Å²) >= 11 is 0. The SMILES string of the molecule is NC(=O)N(C1CCCCCC1)C1CCN(S(=O)(=O)c2ccccc2N)CC1. The number of hydrogen-bond acceptors (Lipinski definition) is 4. The third-order valence-electron chi connectivity index (χ3n) is 5.83. The highest BCUT2D eigenvalue weighted by molar-refractivity contribution is 7.89. The molecule has 1 aromatic carbocycles. The topological polar surface area (TPSA) is 110 Å². The lowest BCUT2D eigenvalue weighted by atomic mass is 9.99. The Morgan fingerprint density at radius 3 is 2.07 bits per heavy atom. The van der Waals surface area contributed by atoms with Crippen molar-refractivity contribution in [3.05, 3.63) is 24.3 Å². The Hall–Kier alpha value is -1.80. The van der Waals surface area contributed by atoms with Gasteiger partial charge in [0.15, 0.2) is 0 Å². The van der Waals surface area contributed by atoms with Gasteiger partial charge in [-0.15, -0.1) is 0 Å². The molecule has 3 rings (SSSR count). The van der Waals surface area contributed by atoms with Gasteiger partial charge in [-0.2, -0.15) is 4.31 Å². The van der Waals surface area contributed by atoms with E-state index in [1.54, 1.807) is 18.2 Å². The summed E-state index contributed by atoms with van der Waals surface area (Å²) in [7, 11) is -3.62. The number of carbonyl (C=O) groups is 1. The zero-order valence-corrected chi connectivity index (χ0v) is 16.5. The van der Waals surface area contributed by atoms with Gasteiger partial charge in [-0.3, -0.25) is 0 Å². The van der Waals surface area contributed by atoms with E-state index in [-0.39, 0.29) is 28.7 Å². The molecule has 0 spiro atoms. The van der Waals surface area contributed by atoms with E-state index in [0.717, 1.165) is 25.7 Å². The Kier molecular flexibility index (Phi) is 6.26. The van der Waals surface area contributed by atoms with Crippen molar-refractivity contribution in [1.82, 2.24) is 9.21 Å². The van der Waals surface area contributed by atoms with Crippen LogP contribution in [0.2, 0.25) is 0 Å². The van der Waals surface area contributed by atoms with Gasteiger partial charge in [-0.1, -0.05) is 37.8 Å². The zero-order chi connectivity index (χ0) is 19.4. The van der Waals surface area contributed by atoms with Crippen LogP contribution in [0.15, 0.2) is 29.2 Å². The molecule has 0 bridgehead atoms. The normalized spacial score (nSPS) is 20.9. The molecule has 2 aliphatic rings. The van der Waals surface area contributed by atoms with Crippen molar-refractivity contribution in [2.24, 2.45) is 5.73 Å². The highest BCUT2D eigenvalue weighted by Gasteiger charge is 2.36. The molecule has 0 radical (unpaired) electrons. The fourth-order valence-electron chi connectivity index (χ4n) is 4.41. The first-order valence-corrected chi connectivity index (χ1v) is 11.3. The van der Waals surface area contributed by atoms with Gasteiger partial charge in [-0.05, 0) is 37.8 Å². The van der Waals surface area contributed by atoms with Crippen molar-refractivity contribution in [2.45, 2.75) is 68.3 Å². The first-order valence-electron chi connectivity index (χ1n) is 9.83. The van der Waals surface area contributed by atoms with Crippen LogP contribution in [0.4, 0.5) is 10.5 Å². The molecule has 1 heterocycles. The van der Waals surface area contributed by atoms with Crippen LogP contribution in [0.25, 0.3) is 0 Å². The van der Waals surface area contributed by atoms with Crippen molar-refractivity contribution in [1.29, 1.82) is 0 Å². The molecule has 27 heavy (non-hydrogen) atoms. The van der Waals surface area contributed by atoms with Crippen LogP contribution in [0.3, 0.4) is 0 Å². The predicted octanol–water partition coefficient (Wildman–Crippen LogP) is 2.53.